The Morgan fingerprint density at radius 2 is 2.31 bits per heavy atom. The molecule has 1 aromatic heterocycles. The molecule has 0 aromatic carbocycles. The first-order chi connectivity index (χ1) is 7.70. The van der Waals surface area contributed by atoms with Gasteiger partial charge in [-0.25, -0.2) is 0 Å². The van der Waals surface area contributed by atoms with E-state index in [-0.39, 0.29) is 6.10 Å². The van der Waals surface area contributed by atoms with E-state index in [9.17, 15) is 5.11 Å². The summed E-state index contributed by atoms with van der Waals surface area (Å²) in [5.41, 5.74) is 1.12. The monoisotopic (exact) mass is 240 g/mol. The maximum absolute atomic E-state index is 10.1. The quantitative estimate of drug-likeness (QED) is 0.855. The number of ether oxygens (including phenoxy) is 1. The van der Waals surface area contributed by atoms with E-state index in [2.05, 4.69) is 12.3 Å². The van der Waals surface area contributed by atoms with Crippen molar-refractivity contribution < 1.29 is 9.84 Å². The van der Waals surface area contributed by atoms with E-state index < -0.39 is 0 Å². The lowest BCUT2D eigenvalue weighted by molar-refractivity contribution is -0.0380. The molecule has 0 saturated heterocycles. The predicted octanol–water partition coefficient (Wildman–Crippen LogP) is 3.30. The van der Waals surface area contributed by atoms with Gasteiger partial charge in [-0.3, -0.25) is 0 Å². The van der Waals surface area contributed by atoms with E-state index in [4.69, 9.17) is 4.74 Å². The molecule has 1 fully saturated rings. The fourth-order valence-corrected chi connectivity index (χ4v) is 3.18. The standard InChI is InChI=1S/C13H20O2S/c1-3-15-11-6-10(7-11)8-13(14)12-4-5-16-9(12)2/h4-5,10-11,13-14H,3,6-8H2,1-2H3. The van der Waals surface area contributed by atoms with Gasteiger partial charge in [0.2, 0.25) is 0 Å². The lowest BCUT2D eigenvalue weighted by Crippen LogP contribution is -2.32. The fourth-order valence-electron chi connectivity index (χ4n) is 2.42. The van der Waals surface area contributed by atoms with Gasteiger partial charge in [0, 0.05) is 11.5 Å². The summed E-state index contributed by atoms with van der Waals surface area (Å²) in [5.74, 6) is 0.644. The smallest absolute Gasteiger partial charge is 0.0803 e. The molecule has 2 rings (SSSR count). The van der Waals surface area contributed by atoms with Gasteiger partial charge in [-0.15, -0.1) is 11.3 Å². The Balaban J connectivity index is 1.77. The van der Waals surface area contributed by atoms with Crippen LogP contribution in [0, 0.1) is 12.8 Å². The Kier molecular flexibility index (Phi) is 4.00. The van der Waals surface area contributed by atoms with Crippen LogP contribution in [0.2, 0.25) is 0 Å². The molecule has 1 atom stereocenters. The Labute approximate surface area is 101 Å². The second-order valence-corrected chi connectivity index (χ2v) is 5.72. The molecule has 0 spiro atoms. The van der Waals surface area contributed by atoms with Crippen LogP contribution in [0.4, 0.5) is 0 Å². The van der Waals surface area contributed by atoms with Crippen molar-refractivity contribution in [2.24, 2.45) is 5.92 Å². The molecule has 1 saturated carbocycles. The van der Waals surface area contributed by atoms with Gasteiger partial charge in [-0.1, -0.05) is 0 Å². The minimum absolute atomic E-state index is 0.279. The predicted molar refractivity (Wildman–Crippen MR) is 66.8 cm³/mol. The molecular formula is C13H20O2S. The Morgan fingerprint density at radius 1 is 1.56 bits per heavy atom. The van der Waals surface area contributed by atoms with E-state index in [1.165, 1.54) is 4.88 Å². The first-order valence-electron chi connectivity index (χ1n) is 6.04. The highest BCUT2D eigenvalue weighted by Gasteiger charge is 2.31. The molecule has 1 aliphatic carbocycles. The van der Waals surface area contributed by atoms with Gasteiger partial charge in [-0.2, -0.15) is 0 Å². The molecule has 1 N–H and O–H groups in total. The van der Waals surface area contributed by atoms with Crippen molar-refractivity contribution >= 4 is 11.3 Å². The normalized spacial score (nSPS) is 26.4. The van der Waals surface area contributed by atoms with Crippen LogP contribution in [-0.2, 0) is 4.74 Å². The molecule has 0 aliphatic heterocycles. The maximum atomic E-state index is 10.1. The number of aliphatic hydroxyl groups is 1. The number of hydrogen-bond acceptors (Lipinski definition) is 3. The highest BCUT2D eigenvalue weighted by Crippen LogP contribution is 2.38. The minimum atomic E-state index is -0.279. The Bertz CT molecular complexity index is 328. The molecule has 1 aliphatic rings. The first kappa shape index (κ1) is 12.1. The van der Waals surface area contributed by atoms with Crippen molar-refractivity contribution in [1.29, 1.82) is 0 Å². The molecule has 16 heavy (non-hydrogen) atoms. The van der Waals surface area contributed by atoms with Gasteiger partial charge in [0.25, 0.3) is 0 Å². The van der Waals surface area contributed by atoms with Crippen LogP contribution >= 0.6 is 11.3 Å². The van der Waals surface area contributed by atoms with Crippen molar-refractivity contribution in [1.82, 2.24) is 0 Å². The third-order valence-electron chi connectivity index (χ3n) is 3.41. The molecule has 0 radical (unpaired) electrons. The fraction of sp³-hybridized carbons (Fsp3) is 0.692. The molecule has 90 valence electrons. The lowest BCUT2D eigenvalue weighted by atomic mass is 9.78. The summed E-state index contributed by atoms with van der Waals surface area (Å²) in [6.07, 6.45) is 3.30. The number of aliphatic hydroxyl groups excluding tert-OH is 1. The Hall–Kier alpha value is -0.380. The maximum Gasteiger partial charge on any atom is 0.0803 e. The van der Waals surface area contributed by atoms with Gasteiger partial charge in [0.05, 0.1) is 12.2 Å². The summed E-state index contributed by atoms with van der Waals surface area (Å²) in [5, 5.41) is 12.2. The zero-order valence-corrected chi connectivity index (χ0v) is 10.8. The molecular weight excluding hydrogens is 220 g/mol. The topological polar surface area (TPSA) is 29.5 Å². The molecule has 1 heterocycles. The molecule has 0 amide bonds. The van der Waals surface area contributed by atoms with Crippen molar-refractivity contribution in [2.45, 2.75) is 45.3 Å². The van der Waals surface area contributed by atoms with E-state index in [0.717, 1.165) is 31.4 Å². The first-order valence-corrected chi connectivity index (χ1v) is 6.92. The van der Waals surface area contributed by atoms with E-state index in [1.54, 1.807) is 11.3 Å². The second kappa shape index (κ2) is 5.30. The van der Waals surface area contributed by atoms with Crippen LogP contribution in [0.3, 0.4) is 0 Å². The SMILES string of the molecule is CCOC1CC(CC(O)c2ccsc2C)C1. The van der Waals surface area contributed by atoms with Gasteiger partial charge in [-0.05, 0) is 56.0 Å². The van der Waals surface area contributed by atoms with E-state index >= 15 is 0 Å². The van der Waals surface area contributed by atoms with Gasteiger partial charge >= 0.3 is 0 Å². The van der Waals surface area contributed by atoms with Crippen molar-refractivity contribution in [2.75, 3.05) is 6.61 Å². The summed E-state index contributed by atoms with van der Waals surface area (Å²) in [7, 11) is 0. The number of hydrogen-bond donors (Lipinski definition) is 1. The molecule has 1 unspecified atom stereocenters. The highest BCUT2D eigenvalue weighted by atomic mass is 32.1. The number of rotatable bonds is 5. The zero-order valence-electron chi connectivity index (χ0n) is 9.98. The molecule has 1 aromatic rings. The highest BCUT2D eigenvalue weighted by molar-refractivity contribution is 7.10. The molecule has 2 nitrogen and oxygen atoms in total. The summed E-state index contributed by atoms with van der Waals surface area (Å²) in [4.78, 5) is 1.24. The van der Waals surface area contributed by atoms with E-state index in [0.29, 0.717) is 12.0 Å². The van der Waals surface area contributed by atoms with Gasteiger partial charge < -0.3 is 9.84 Å². The van der Waals surface area contributed by atoms with Crippen LogP contribution in [-0.4, -0.2) is 17.8 Å². The van der Waals surface area contributed by atoms with Crippen LogP contribution in [0.1, 0.15) is 42.7 Å². The molecule has 3 heteroatoms. The van der Waals surface area contributed by atoms with Crippen LogP contribution < -0.4 is 0 Å². The van der Waals surface area contributed by atoms with Crippen molar-refractivity contribution in [3.63, 3.8) is 0 Å². The van der Waals surface area contributed by atoms with Gasteiger partial charge in [0.1, 0.15) is 0 Å². The summed E-state index contributed by atoms with van der Waals surface area (Å²) in [6, 6.07) is 2.04. The van der Waals surface area contributed by atoms with Crippen molar-refractivity contribution in [3.8, 4) is 0 Å². The van der Waals surface area contributed by atoms with E-state index in [1.807, 2.05) is 13.0 Å². The summed E-state index contributed by atoms with van der Waals surface area (Å²) < 4.78 is 5.52. The lowest BCUT2D eigenvalue weighted by Gasteiger charge is -2.36. The number of aryl methyl sites for hydroxylation is 1. The third kappa shape index (κ3) is 2.65. The average Bonchev–Trinajstić information content (AvgIpc) is 2.61. The second-order valence-electron chi connectivity index (χ2n) is 4.60. The van der Waals surface area contributed by atoms with Crippen molar-refractivity contribution in [3.05, 3.63) is 21.9 Å². The summed E-state index contributed by atoms with van der Waals surface area (Å²) in [6.45, 7) is 4.92. The van der Waals surface area contributed by atoms with Crippen LogP contribution in [0.25, 0.3) is 0 Å². The largest absolute Gasteiger partial charge is 0.388 e. The average molecular weight is 240 g/mol. The van der Waals surface area contributed by atoms with Gasteiger partial charge in [0.15, 0.2) is 0 Å². The Morgan fingerprint density at radius 3 is 2.88 bits per heavy atom. The number of thiophene rings is 1. The third-order valence-corrected chi connectivity index (χ3v) is 4.27. The van der Waals surface area contributed by atoms with Crippen LogP contribution in [0.5, 0.6) is 0 Å². The zero-order chi connectivity index (χ0) is 11.5. The minimum Gasteiger partial charge on any atom is -0.388 e. The van der Waals surface area contributed by atoms with Crippen LogP contribution in [0.15, 0.2) is 11.4 Å². The summed E-state index contributed by atoms with van der Waals surface area (Å²) >= 11 is 1.71. The molecule has 0 bridgehead atoms.